The number of halogens is 3. The van der Waals surface area contributed by atoms with Crippen molar-refractivity contribution < 1.29 is 18.7 Å². The molecule has 4 nitrogen and oxygen atoms in total. The van der Waals surface area contributed by atoms with Crippen LogP contribution < -0.4 is 5.73 Å². The number of carboxylic acids is 1. The lowest BCUT2D eigenvalue weighted by molar-refractivity contribution is -0.136. The number of nitrogens with zero attached hydrogens (tertiary/aromatic N) is 1. The normalized spacial score (nSPS) is 10.8. The molecule has 16 heavy (non-hydrogen) atoms. The van der Waals surface area contributed by atoms with E-state index in [2.05, 4.69) is 4.98 Å². The second-order valence-electron chi connectivity index (χ2n) is 3.07. The van der Waals surface area contributed by atoms with Gasteiger partial charge in [0.25, 0.3) is 6.43 Å². The minimum absolute atomic E-state index is 0.0632. The highest BCUT2D eigenvalue weighted by molar-refractivity contribution is 6.17. The maximum absolute atomic E-state index is 12.7. The highest BCUT2D eigenvalue weighted by Gasteiger charge is 2.20. The van der Waals surface area contributed by atoms with Crippen LogP contribution in [-0.4, -0.2) is 16.1 Å². The van der Waals surface area contributed by atoms with Crippen molar-refractivity contribution in [3.63, 3.8) is 0 Å². The van der Waals surface area contributed by atoms with E-state index >= 15 is 0 Å². The van der Waals surface area contributed by atoms with Crippen LogP contribution in [0.5, 0.6) is 0 Å². The van der Waals surface area contributed by atoms with Gasteiger partial charge in [0.1, 0.15) is 5.82 Å². The van der Waals surface area contributed by atoms with Crippen molar-refractivity contribution in [2.24, 2.45) is 0 Å². The van der Waals surface area contributed by atoms with Gasteiger partial charge >= 0.3 is 5.97 Å². The molecular formula is C9H9ClF2N2O2. The second kappa shape index (κ2) is 5.07. The number of hydrogen-bond acceptors (Lipinski definition) is 3. The van der Waals surface area contributed by atoms with Crippen LogP contribution in [-0.2, 0) is 17.1 Å². The predicted molar refractivity (Wildman–Crippen MR) is 54.5 cm³/mol. The molecule has 0 aliphatic rings. The zero-order valence-electron chi connectivity index (χ0n) is 8.08. The van der Waals surface area contributed by atoms with Gasteiger partial charge in [0, 0.05) is 5.56 Å². The fourth-order valence-corrected chi connectivity index (χ4v) is 1.55. The predicted octanol–water partition coefficient (Wildman–Crippen LogP) is 1.97. The zero-order chi connectivity index (χ0) is 12.3. The van der Waals surface area contributed by atoms with E-state index in [1.165, 1.54) is 0 Å². The lowest BCUT2D eigenvalue weighted by atomic mass is 10.0. The molecule has 0 unspecified atom stereocenters. The fraction of sp³-hybridized carbons (Fsp3) is 0.333. The average molecular weight is 251 g/mol. The fourth-order valence-electron chi connectivity index (χ4n) is 1.33. The maximum atomic E-state index is 12.7. The Morgan fingerprint density at radius 2 is 2.25 bits per heavy atom. The molecule has 0 saturated heterocycles. The molecule has 1 heterocycles. The number of anilines is 1. The third-order valence-electron chi connectivity index (χ3n) is 1.95. The van der Waals surface area contributed by atoms with E-state index in [1.807, 2.05) is 0 Å². The van der Waals surface area contributed by atoms with Crippen LogP contribution in [0.3, 0.4) is 0 Å². The van der Waals surface area contributed by atoms with Crippen molar-refractivity contribution in [3.8, 4) is 0 Å². The molecule has 3 N–H and O–H groups in total. The summed E-state index contributed by atoms with van der Waals surface area (Å²) in [6.07, 6.45) is -3.35. The molecule has 1 aromatic rings. The molecule has 0 radical (unpaired) electrons. The number of alkyl halides is 3. The number of carbonyl (C=O) groups is 1. The lowest BCUT2D eigenvalue weighted by Crippen LogP contribution is -2.10. The van der Waals surface area contributed by atoms with E-state index in [4.69, 9.17) is 22.4 Å². The van der Waals surface area contributed by atoms with Crippen LogP contribution in [0.15, 0.2) is 6.07 Å². The number of aliphatic carboxylic acids is 1. The summed E-state index contributed by atoms with van der Waals surface area (Å²) in [5.74, 6) is -1.48. The quantitative estimate of drug-likeness (QED) is 0.801. The van der Waals surface area contributed by atoms with Crippen molar-refractivity contribution in [1.29, 1.82) is 0 Å². The molecule has 0 aliphatic heterocycles. The third kappa shape index (κ3) is 2.79. The number of nitrogens with two attached hydrogens (primary N) is 1. The minimum Gasteiger partial charge on any atom is -0.481 e. The Balaban J connectivity index is 3.32. The van der Waals surface area contributed by atoms with Gasteiger partial charge in [-0.25, -0.2) is 13.8 Å². The Morgan fingerprint density at radius 3 is 2.69 bits per heavy atom. The van der Waals surface area contributed by atoms with E-state index in [0.29, 0.717) is 0 Å². The molecule has 0 aliphatic carbocycles. The van der Waals surface area contributed by atoms with Crippen molar-refractivity contribution >= 4 is 23.4 Å². The van der Waals surface area contributed by atoms with Crippen molar-refractivity contribution in [2.45, 2.75) is 18.7 Å². The van der Waals surface area contributed by atoms with E-state index in [9.17, 15) is 13.6 Å². The summed E-state index contributed by atoms with van der Waals surface area (Å²) in [5, 5.41) is 8.62. The summed E-state index contributed by atoms with van der Waals surface area (Å²) in [6.45, 7) is 0. The molecule has 0 saturated carbocycles. The SMILES string of the molecule is Nc1cc(C(F)F)c(CC(=O)O)c(CCl)n1. The van der Waals surface area contributed by atoms with Crippen molar-refractivity contribution in [3.05, 3.63) is 22.9 Å². The first-order chi connectivity index (χ1) is 7.45. The molecule has 0 bridgehead atoms. The molecule has 1 aromatic heterocycles. The summed E-state index contributed by atoms with van der Waals surface area (Å²) < 4.78 is 25.3. The Kier molecular flexibility index (Phi) is 4.00. The standard InChI is InChI=1S/C9H9ClF2N2O2/c10-3-6-4(2-8(15)16)5(9(11)12)1-7(13)14-6/h1,9H,2-3H2,(H2,13,14)(H,15,16). The second-order valence-corrected chi connectivity index (χ2v) is 3.33. The lowest BCUT2D eigenvalue weighted by Gasteiger charge is -2.11. The van der Waals surface area contributed by atoms with Crippen LogP contribution in [0.2, 0.25) is 0 Å². The Morgan fingerprint density at radius 1 is 1.62 bits per heavy atom. The monoisotopic (exact) mass is 250 g/mol. The Labute approximate surface area is 95.0 Å². The van der Waals surface area contributed by atoms with Gasteiger partial charge < -0.3 is 10.8 Å². The molecule has 88 valence electrons. The molecule has 0 amide bonds. The summed E-state index contributed by atoms with van der Waals surface area (Å²) in [4.78, 5) is 14.3. The summed E-state index contributed by atoms with van der Waals surface area (Å²) in [6, 6.07) is 0.971. The number of aromatic nitrogens is 1. The summed E-state index contributed by atoms with van der Waals surface area (Å²) in [7, 11) is 0. The molecule has 1 rings (SSSR count). The van der Waals surface area contributed by atoms with Gasteiger partial charge in [0.05, 0.1) is 18.0 Å². The largest absolute Gasteiger partial charge is 0.481 e. The number of pyridine rings is 1. The number of nitrogen functional groups attached to an aromatic ring is 1. The summed E-state index contributed by atoms with van der Waals surface area (Å²) >= 11 is 5.51. The van der Waals surface area contributed by atoms with Crippen LogP contribution in [0, 0.1) is 0 Å². The number of hydrogen-bond donors (Lipinski definition) is 2. The van der Waals surface area contributed by atoms with Crippen LogP contribution in [0.25, 0.3) is 0 Å². The third-order valence-corrected chi connectivity index (χ3v) is 2.21. The average Bonchev–Trinajstić information content (AvgIpc) is 2.19. The Bertz CT molecular complexity index is 413. The van der Waals surface area contributed by atoms with Crippen LogP contribution >= 0.6 is 11.6 Å². The molecular weight excluding hydrogens is 242 g/mol. The van der Waals surface area contributed by atoms with Gasteiger partial charge in [-0.3, -0.25) is 4.79 Å². The van der Waals surface area contributed by atoms with Gasteiger partial charge in [0.15, 0.2) is 0 Å². The van der Waals surface area contributed by atoms with E-state index in [1.54, 1.807) is 0 Å². The van der Waals surface area contributed by atoms with Gasteiger partial charge in [-0.05, 0) is 11.6 Å². The van der Waals surface area contributed by atoms with Gasteiger partial charge in [-0.1, -0.05) is 0 Å². The maximum Gasteiger partial charge on any atom is 0.307 e. The van der Waals surface area contributed by atoms with Gasteiger partial charge in [-0.15, -0.1) is 11.6 Å². The topological polar surface area (TPSA) is 76.2 Å². The van der Waals surface area contributed by atoms with Crippen molar-refractivity contribution in [1.82, 2.24) is 4.98 Å². The number of carboxylic acid groups (broad SMARTS) is 1. The molecule has 0 aromatic carbocycles. The number of rotatable bonds is 4. The van der Waals surface area contributed by atoms with Gasteiger partial charge in [-0.2, -0.15) is 0 Å². The first kappa shape index (κ1) is 12.6. The van der Waals surface area contributed by atoms with E-state index in [0.717, 1.165) is 6.07 Å². The zero-order valence-corrected chi connectivity index (χ0v) is 8.84. The van der Waals surface area contributed by atoms with Crippen LogP contribution in [0.4, 0.5) is 14.6 Å². The smallest absolute Gasteiger partial charge is 0.307 e. The Hall–Kier alpha value is -1.43. The first-order valence-electron chi connectivity index (χ1n) is 4.29. The molecule has 0 spiro atoms. The molecule has 0 fully saturated rings. The molecule has 7 heteroatoms. The van der Waals surface area contributed by atoms with Crippen molar-refractivity contribution in [2.75, 3.05) is 5.73 Å². The van der Waals surface area contributed by atoms with Crippen LogP contribution in [0.1, 0.15) is 23.2 Å². The van der Waals surface area contributed by atoms with Gasteiger partial charge in [0.2, 0.25) is 0 Å². The summed E-state index contributed by atoms with van der Waals surface area (Å²) in [5.41, 5.74) is 4.92. The van der Waals surface area contributed by atoms with E-state index in [-0.39, 0.29) is 23.0 Å². The first-order valence-corrected chi connectivity index (χ1v) is 4.83. The highest BCUT2D eigenvalue weighted by Crippen LogP contribution is 2.27. The molecule has 0 atom stereocenters. The highest BCUT2D eigenvalue weighted by atomic mass is 35.5. The van der Waals surface area contributed by atoms with E-state index < -0.39 is 24.4 Å². The minimum atomic E-state index is -2.80.